The van der Waals surface area contributed by atoms with Crippen molar-refractivity contribution < 1.29 is 4.79 Å². The van der Waals surface area contributed by atoms with Crippen LogP contribution in [-0.4, -0.2) is 20.9 Å². The Morgan fingerprint density at radius 3 is 2.64 bits per heavy atom. The van der Waals surface area contributed by atoms with Gasteiger partial charge in [0.15, 0.2) is 0 Å². The Balaban J connectivity index is 1.69. The van der Waals surface area contributed by atoms with Crippen LogP contribution < -0.4 is 5.32 Å². The summed E-state index contributed by atoms with van der Waals surface area (Å²) in [5, 5.41) is 4.19. The highest BCUT2D eigenvalue weighted by Crippen LogP contribution is 2.32. The lowest BCUT2D eigenvalue weighted by Crippen LogP contribution is -2.24. The molecule has 0 unspecified atom stereocenters. The molecule has 0 spiro atoms. The van der Waals surface area contributed by atoms with Crippen LogP contribution in [0.15, 0.2) is 55.0 Å². The smallest absolute Gasteiger partial charge is 0.254 e. The molecule has 0 radical (unpaired) electrons. The van der Waals surface area contributed by atoms with Gasteiger partial charge in [0.05, 0.1) is 16.8 Å². The molecular weight excluding hydrogens is 348 g/mol. The minimum Gasteiger partial charge on any atom is -0.354 e. The van der Waals surface area contributed by atoms with Crippen molar-refractivity contribution in [3.63, 3.8) is 0 Å². The zero-order valence-electron chi connectivity index (χ0n) is 16.2. The molecule has 2 aromatic heterocycles. The van der Waals surface area contributed by atoms with E-state index in [1.165, 1.54) is 17.3 Å². The second-order valence-electron chi connectivity index (χ2n) is 7.04. The van der Waals surface area contributed by atoms with Gasteiger partial charge in [0.2, 0.25) is 0 Å². The van der Waals surface area contributed by atoms with Gasteiger partial charge in [-0.1, -0.05) is 42.0 Å². The first kappa shape index (κ1) is 17.9. The third-order valence-electron chi connectivity index (χ3n) is 5.05. The Hall–Kier alpha value is -3.47. The first-order chi connectivity index (χ1) is 13.5. The maximum absolute atomic E-state index is 12.6. The number of carbonyl (C=O) groups is 1. The normalized spacial score (nSPS) is 11.0. The lowest BCUT2D eigenvalue weighted by atomic mass is 10.0. The summed E-state index contributed by atoms with van der Waals surface area (Å²) in [6, 6.07) is 14.6. The van der Waals surface area contributed by atoms with E-state index >= 15 is 0 Å². The number of rotatable bonds is 4. The molecule has 2 aromatic carbocycles. The van der Waals surface area contributed by atoms with Crippen molar-refractivity contribution in [2.24, 2.45) is 0 Å². The highest BCUT2D eigenvalue weighted by Gasteiger charge is 2.15. The Bertz CT molecular complexity index is 1160. The van der Waals surface area contributed by atoms with Crippen LogP contribution >= 0.6 is 0 Å². The molecule has 0 aliphatic carbocycles. The number of amides is 1. The van der Waals surface area contributed by atoms with Crippen molar-refractivity contribution in [2.45, 2.75) is 27.3 Å². The van der Waals surface area contributed by atoms with Gasteiger partial charge >= 0.3 is 0 Å². The summed E-state index contributed by atoms with van der Waals surface area (Å²) in [5.74, 6) is -0.167. The predicted octanol–water partition coefficient (Wildman–Crippen LogP) is 4.48. The molecule has 2 N–H and O–H groups in total. The molecule has 4 aromatic rings. The number of hydrogen-bond acceptors (Lipinski definition) is 3. The van der Waals surface area contributed by atoms with Crippen LogP contribution in [0.25, 0.3) is 22.2 Å². The lowest BCUT2D eigenvalue weighted by molar-refractivity contribution is 0.0949. The van der Waals surface area contributed by atoms with E-state index in [1.54, 1.807) is 6.20 Å². The van der Waals surface area contributed by atoms with Gasteiger partial charge in [-0.05, 0) is 43.5 Å². The summed E-state index contributed by atoms with van der Waals surface area (Å²) < 4.78 is 0. The Labute approximate surface area is 163 Å². The summed E-state index contributed by atoms with van der Waals surface area (Å²) in [5.41, 5.74) is 7.93. The Morgan fingerprint density at radius 2 is 1.89 bits per heavy atom. The zero-order chi connectivity index (χ0) is 19.7. The number of aromatic amines is 1. The molecule has 0 aliphatic rings. The molecule has 5 heteroatoms. The molecule has 0 fully saturated rings. The van der Waals surface area contributed by atoms with Crippen LogP contribution in [0, 0.1) is 20.8 Å². The first-order valence-electron chi connectivity index (χ1n) is 9.26. The molecule has 0 aliphatic heterocycles. The van der Waals surface area contributed by atoms with Crippen LogP contribution in [0.4, 0.5) is 0 Å². The average molecular weight is 370 g/mol. The number of nitrogens with one attached hydrogen (secondary N) is 2. The van der Waals surface area contributed by atoms with Crippen molar-refractivity contribution >= 4 is 16.8 Å². The van der Waals surface area contributed by atoms with Crippen molar-refractivity contribution in [1.29, 1.82) is 0 Å². The van der Waals surface area contributed by atoms with E-state index in [1.807, 2.05) is 25.1 Å². The zero-order valence-corrected chi connectivity index (χ0v) is 16.2. The largest absolute Gasteiger partial charge is 0.354 e. The van der Waals surface area contributed by atoms with Crippen molar-refractivity contribution in [2.75, 3.05) is 0 Å². The molecule has 1 amide bonds. The maximum atomic E-state index is 12.6. The second-order valence-corrected chi connectivity index (χ2v) is 7.04. The fourth-order valence-electron chi connectivity index (χ4n) is 3.58. The van der Waals surface area contributed by atoms with E-state index in [0.717, 1.165) is 27.9 Å². The number of aryl methyl sites for hydroxylation is 3. The molecule has 5 nitrogen and oxygen atoms in total. The second kappa shape index (κ2) is 7.27. The number of H-pyrrole nitrogens is 1. The number of benzene rings is 2. The van der Waals surface area contributed by atoms with Crippen molar-refractivity contribution in [3.8, 4) is 11.3 Å². The van der Waals surface area contributed by atoms with E-state index < -0.39 is 0 Å². The minimum atomic E-state index is -0.167. The van der Waals surface area contributed by atoms with Gasteiger partial charge in [-0.25, -0.2) is 9.97 Å². The number of fused-ring (bicyclic) bond motifs is 1. The van der Waals surface area contributed by atoms with E-state index in [0.29, 0.717) is 17.8 Å². The third-order valence-corrected chi connectivity index (χ3v) is 5.05. The summed E-state index contributed by atoms with van der Waals surface area (Å²) in [4.78, 5) is 24.2. The van der Waals surface area contributed by atoms with E-state index in [-0.39, 0.29) is 5.91 Å². The molecule has 0 saturated carbocycles. The molecular formula is C23H22N4O. The summed E-state index contributed by atoms with van der Waals surface area (Å²) in [6.45, 7) is 6.45. The lowest BCUT2D eigenvalue weighted by Gasteiger charge is -2.09. The van der Waals surface area contributed by atoms with E-state index in [9.17, 15) is 4.79 Å². The van der Waals surface area contributed by atoms with Crippen molar-refractivity contribution in [1.82, 2.24) is 20.3 Å². The topological polar surface area (TPSA) is 70.7 Å². The van der Waals surface area contributed by atoms with Crippen LogP contribution in [0.2, 0.25) is 0 Å². The predicted molar refractivity (Wildman–Crippen MR) is 111 cm³/mol. The fraction of sp³-hybridized carbons (Fsp3) is 0.174. The van der Waals surface area contributed by atoms with Gasteiger partial charge in [0.25, 0.3) is 5.91 Å². The molecule has 2 heterocycles. The summed E-state index contributed by atoms with van der Waals surface area (Å²) in [6.07, 6.45) is 3.00. The van der Waals surface area contributed by atoms with Gasteiger partial charge in [0, 0.05) is 23.8 Å². The van der Waals surface area contributed by atoms with Crippen molar-refractivity contribution in [3.05, 3.63) is 82.9 Å². The Kier molecular flexibility index (Phi) is 4.65. The van der Waals surface area contributed by atoms with Gasteiger partial charge in [0.1, 0.15) is 6.33 Å². The van der Waals surface area contributed by atoms with Crippen LogP contribution in [-0.2, 0) is 6.54 Å². The molecule has 0 atom stereocenters. The van der Waals surface area contributed by atoms with Gasteiger partial charge in [-0.3, -0.25) is 4.79 Å². The van der Waals surface area contributed by atoms with Crippen LogP contribution in [0.5, 0.6) is 0 Å². The quantitative estimate of drug-likeness (QED) is 0.556. The first-order valence-corrected chi connectivity index (χ1v) is 9.26. The van der Waals surface area contributed by atoms with Gasteiger partial charge < -0.3 is 10.3 Å². The van der Waals surface area contributed by atoms with Gasteiger partial charge in [-0.2, -0.15) is 0 Å². The summed E-state index contributed by atoms with van der Waals surface area (Å²) in [7, 11) is 0. The fourth-order valence-corrected chi connectivity index (χ4v) is 3.58. The highest BCUT2D eigenvalue weighted by molar-refractivity contribution is 5.96. The van der Waals surface area contributed by atoms with Crippen LogP contribution in [0.1, 0.15) is 32.7 Å². The molecule has 140 valence electrons. The van der Waals surface area contributed by atoms with Crippen LogP contribution in [0.3, 0.4) is 0 Å². The van der Waals surface area contributed by atoms with Gasteiger partial charge in [-0.15, -0.1) is 0 Å². The monoisotopic (exact) mass is 370 g/mol. The average Bonchev–Trinajstić information content (AvgIpc) is 3.03. The molecule has 4 rings (SSSR count). The maximum Gasteiger partial charge on any atom is 0.254 e. The number of hydrogen-bond donors (Lipinski definition) is 2. The minimum absolute atomic E-state index is 0.167. The number of aromatic nitrogens is 3. The highest BCUT2D eigenvalue weighted by atomic mass is 16.1. The summed E-state index contributed by atoms with van der Waals surface area (Å²) >= 11 is 0. The number of carbonyl (C=O) groups excluding carboxylic acids is 1. The Morgan fingerprint density at radius 1 is 1.11 bits per heavy atom. The third kappa shape index (κ3) is 3.27. The molecule has 28 heavy (non-hydrogen) atoms. The SMILES string of the molecule is Cc1cc(CNC(=O)c2cncnc2C)c2[nH]c(-c3ccccc3)c(C)c2c1. The molecule has 0 saturated heterocycles. The van der Waals surface area contributed by atoms with E-state index in [4.69, 9.17) is 0 Å². The molecule has 0 bridgehead atoms. The van der Waals surface area contributed by atoms with E-state index in [2.05, 4.69) is 58.4 Å². The number of nitrogens with zero attached hydrogens (tertiary/aromatic N) is 2. The standard InChI is InChI=1S/C23H22N4O/c1-14-9-18(11-25-23(28)20-12-24-13-26-16(20)3)22-19(10-14)15(2)21(27-22)17-7-5-4-6-8-17/h4-10,12-13,27H,11H2,1-3H3,(H,25,28).